The quantitative estimate of drug-likeness (QED) is 0.851. The molecular weight excluding hydrogens is 308 g/mol. The molecule has 0 radical (unpaired) electrons. The van der Waals surface area contributed by atoms with Crippen molar-refractivity contribution >= 4 is 5.91 Å². The van der Waals surface area contributed by atoms with Gasteiger partial charge < -0.3 is 14.1 Å². The molecule has 128 valence electrons. The summed E-state index contributed by atoms with van der Waals surface area (Å²) in [4.78, 5) is 15.6. The van der Waals surface area contributed by atoms with E-state index < -0.39 is 0 Å². The Bertz CT molecular complexity index is 683. The SMILES string of the molecule is COc1ccc(-c2nnc(CN3CCCN(C(C)=O)CC3)o2)cc1. The molecule has 0 saturated carbocycles. The Balaban J connectivity index is 1.62. The first kappa shape index (κ1) is 16.4. The molecule has 0 bridgehead atoms. The van der Waals surface area contributed by atoms with E-state index in [1.807, 2.05) is 29.2 Å². The maximum absolute atomic E-state index is 11.5. The first-order chi connectivity index (χ1) is 11.7. The van der Waals surface area contributed by atoms with Crippen LogP contribution < -0.4 is 4.74 Å². The van der Waals surface area contributed by atoms with Crippen LogP contribution >= 0.6 is 0 Å². The summed E-state index contributed by atoms with van der Waals surface area (Å²) in [6.45, 7) is 5.52. The van der Waals surface area contributed by atoms with E-state index in [0.717, 1.165) is 43.9 Å². The number of ether oxygens (including phenoxy) is 1. The van der Waals surface area contributed by atoms with E-state index in [1.54, 1.807) is 14.0 Å². The largest absolute Gasteiger partial charge is 0.497 e. The highest BCUT2D eigenvalue weighted by Crippen LogP contribution is 2.21. The maximum atomic E-state index is 11.5. The molecule has 1 aliphatic heterocycles. The fraction of sp³-hybridized carbons (Fsp3) is 0.471. The zero-order valence-electron chi connectivity index (χ0n) is 14.1. The molecule has 1 amide bonds. The molecule has 1 saturated heterocycles. The van der Waals surface area contributed by atoms with Crippen LogP contribution in [0.1, 0.15) is 19.2 Å². The van der Waals surface area contributed by atoms with E-state index in [1.165, 1.54) is 0 Å². The Kier molecular flexibility index (Phi) is 5.10. The minimum Gasteiger partial charge on any atom is -0.497 e. The third-order valence-corrected chi connectivity index (χ3v) is 4.20. The van der Waals surface area contributed by atoms with Crippen molar-refractivity contribution in [2.75, 3.05) is 33.3 Å². The highest BCUT2D eigenvalue weighted by molar-refractivity contribution is 5.73. The van der Waals surface area contributed by atoms with Gasteiger partial charge >= 0.3 is 0 Å². The van der Waals surface area contributed by atoms with E-state index in [4.69, 9.17) is 9.15 Å². The van der Waals surface area contributed by atoms with Crippen LogP contribution in [0.2, 0.25) is 0 Å². The fourth-order valence-electron chi connectivity index (χ4n) is 2.80. The monoisotopic (exact) mass is 330 g/mol. The average molecular weight is 330 g/mol. The van der Waals surface area contributed by atoms with Crippen LogP contribution in [0.5, 0.6) is 5.75 Å². The predicted octanol–water partition coefficient (Wildman–Crippen LogP) is 1.80. The minimum atomic E-state index is 0.136. The van der Waals surface area contributed by atoms with E-state index in [0.29, 0.717) is 18.3 Å². The van der Waals surface area contributed by atoms with E-state index in [9.17, 15) is 4.79 Å². The van der Waals surface area contributed by atoms with E-state index in [2.05, 4.69) is 15.1 Å². The minimum absolute atomic E-state index is 0.136. The van der Waals surface area contributed by atoms with Crippen LogP contribution in [0.15, 0.2) is 28.7 Å². The summed E-state index contributed by atoms with van der Waals surface area (Å²) >= 11 is 0. The third kappa shape index (κ3) is 3.91. The van der Waals surface area contributed by atoms with Gasteiger partial charge in [0.1, 0.15) is 5.75 Å². The Morgan fingerprint density at radius 1 is 1.17 bits per heavy atom. The second kappa shape index (κ2) is 7.44. The average Bonchev–Trinajstić information content (AvgIpc) is 2.92. The Morgan fingerprint density at radius 2 is 1.96 bits per heavy atom. The molecule has 0 unspecified atom stereocenters. The molecule has 7 nitrogen and oxygen atoms in total. The first-order valence-corrected chi connectivity index (χ1v) is 8.10. The Morgan fingerprint density at radius 3 is 2.67 bits per heavy atom. The summed E-state index contributed by atoms with van der Waals surface area (Å²) < 4.78 is 10.9. The van der Waals surface area contributed by atoms with E-state index >= 15 is 0 Å². The van der Waals surface area contributed by atoms with Crippen LogP contribution in [0, 0.1) is 0 Å². The van der Waals surface area contributed by atoms with Gasteiger partial charge in [0.2, 0.25) is 17.7 Å². The summed E-state index contributed by atoms with van der Waals surface area (Å²) in [6, 6.07) is 7.52. The molecule has 1 fully saturated rings. The number of hydrogen-bond donors (Lipinski definition) is 0. The molecule has 2 heterocycles. The summed E-state index contributed by atoms with van der Waals surface area (Å²) in [6.07, 6.45) is 0.957. The van der Waals surface area contributed by atoms with Gasteiger partial charge in [-0.05, 0) is 30.7 Å². The number of methoxy groups -OCH3 is 1. The van der Waals surface area contributed by atoms with Crippen molar-refractivity contribution < 1.29 is 13.9 Å². The number of aromatic nitrogens is 2. The van der Waals surface area contributed by atoms with Gasteiger partial charge in [-0.2, -0.15) is 0 Å². The predicted molar refractivity (Wildman–Crippen MR) is 88.4 cm³/mol. The Labute approximate surface area is 141 Å². The molecule has 2 aromatic rings. The highest BCUT2D eigenvalue weighted by Gasteiger charge is 2.18. The number of amides is 1. The molecule has 0 aliphatic carbocycles. The topological polar surface area (TPSA) is 71.7 Å². The van der Waals surface area contributed by atoms with Gasteiger partial charge in [-0.1, -0.05) is 0 Å². The zero-order valence-corrected chi connectivity index (χ0v) is 14.1. The van der Waals surface area contributed by atoms with Gasteiger partial charge in [0.05, 0.1) is 13.7 Å². The van der Waals surface area contributed by atoms with Crippen LogP contribution in [-0.2, 0) is 11.3 Å². The third-order valence-electron chi connectivity index (χ3n) is 4.20. The number of carbonyl (C=O) groups is 1. The maximum Gasteiger partial charge on any atom is 0.247 e. The molecule has 0 spiro atoms. The second-order valence-electron chi connectivity index (χ2n) is 5.87. The van der Waals surface area contributed by atoms with Gasteiger partial charge in [-0.3, -0.25) is 9.69 Å². The molecule has 0 atom stereocenters. The van der Waals surface area contributed by atoms with Crippen molar-refractivity contribution in [3.63, 3.8) is 0 Å². The number of hydrogen-bond acceptors (Lipinski definition) is 6. The van der Waals surface area contributed by atoms with Gasteiger partial charge in [0.15, 0.2) is 0 Å². The zero-order chi connectivity index (χ0) is 16.9. The number of rotatable bonds is 4. The molecule has 1 aromatic carbocycles. The van der Waals surface area contributed by atoms with Crippen molar-refractivity contribution in [2.45, 2.75) is 19.9 Å². The van der Waals surface area contributed by atoms with Gasteiger partial charge in [-0.15, -0.1) is 10.2 Å². The van der Waals surface area contributed by atoms with Gasteiger partial charge in [-0.25, -0.2) is 0 Å². The molecule has 24 heavy (non-hydrogen) atoms. The lowest BCUT2D eigenvalue weighted by Gasteiger charge is -2.19. The highest BCUT2D eigenvalue weighted by atomic mass is 16.5. The number of carbonyl (C=O) groups excluding carboxylic acids is 1. The first-order valence-electron chi connectivity index (χ1n) is 8.10. The summed E-state index contributed by atoms with van der Waals surface area (Å²) in [5, 5.41) is 8.27. The van der Waals surface area contributed by atoms with Crippen molar-refractivity contribution in [3.05, 3.63) is 30.2 Å². The van der Waals surface area contributed by atoms with Crippen molar-refractivity contribution in [1.82, 2.24) is 20.0 Å². The molecule has 1 aliphatic rings. The van der Waals surface area contributed by atoms with E-state index in [-0.39, 0.29) is 5.91 Å². The van der Waals surface area contributed by atoms with Crippen molar-refractivity contribution in [3.8, 4) is 17.2 Å². The lowest BCUT2D eigenvalue weighted by atomic mass is 10.2. The smallest absolute Gasteiger partial charge is 0.247 e. The number of benzene rings is 1. The normalized spacial score (nSPS) is 16.0. The fourth-order valence-corrected chi connectivity index (χ4v) is 2.80. The summed E-state index contributed by atoms with van der Waals surface area (Å²) in [7, 11) is 1.63. The summed E-state index contributed by atoms with van der Waals surface area (Å²) in [5.41, 5.74) is 0.869. The van der Waals surface area contributed by atoms with Gasteiger partial charge in [0.25, 0.3) is 0 Å². The molecule has 1 aromatic heterocycles. The van der Waals surface area contributed by atoms with Crippen molar-refractivity contribution in [1.29, 1.82) is 0 Å². The van der Waals surface area contributed by atoms with Gasteiger partial charge in [0, 0.05) is 38.7 Å². The van der Waals surface area contributed by atoms with Crippen molar-refractivity contribution in [2.24, 2.45) is 0 Å². The van der Waals surface area contributed by atoms with Crippen LogP contribution in [0.4, 0.5) is 0 Å². The van der Waals surface area contributed by atoms with Crippen LogP contribution in [0.25, 0.3) is 11.5 Å². The lowest BCUT2D eigenvalue weighted by molar-refractivity contribution is -0.128. The summed E-state index contributed by atoms with van der Waals surface area (Å²) in [5.74, 6) is 2.03. The Hall–Kier alpha value is -2.41. The molecule has 0 N–H and O–H groups in total. The van der Waals surface area contributed by atoms with Crippen LogP contribution in [-0.4, -0.2) is 59.2 Å². The molecule has 7 heteroatoms. The molecular formula is C17H22N4O3. The number of nitrogens with zero attached hydrogens (tertiary/aromatic N) is 4. The second-order valence-corrected chi connectivity index (χ2v) is 5.87. The lowest BCUT2D eigenvalue weighted by Crippen LogP contribution is -2.33. The molecule has 3 rings (SSSR count). The standard InChI is InChI=1S/C17H22N4O3/c1-13(22)21-9-3-8-20(10-11-21)12-16-18-19-17(24-16)14-4-6-15(23-2)7-5-14/h4-7H,3,8-12H2,1-2H3. The van der Waals surface area contributed by atoms with Crippen LogP contribution in [0.3, 0.4) is 0 Å².